The number of nitrogens with one attached hydrogen (secondary N) is 1. The molecule has 1 unspecified atom stereocenters. The smallest absolute Gasteiger partial charge is 0.127 e. The number of rotatable bonds is 5. The SMILES string of the molecule is CCCC1CCCCN1c1ccnc(NCC)c1. The summed E-state index contributed by atoms with van der Waals surface area (Å²) in [5.74, 6) is 0.996. The van der Waals surface area contributed by atoms with E-state index in [9.17, 15) is 0 Å². The average molecular weight is 247 g/mol. The molecule has 1 fully saturated rings. The number of anilines is 2. The number of piperidine rings is 1. The molecule has 1 saturated heterocycles. The van der Waals surface area contributed by atoms with E-state index in [0.717, 1.165) is 18.4 Å². The molecule has 1 aliphatic rings. The van der Waals surface area contributed by atoms with Crippen molar-refractivity contribution in [3.8, 4) is 0 Å². The Morgan fingerprint density at radius 1 is 1.39 bits per heavy atom. The number of nitrogens with zero attached hydrogens (tertiary/aromatic N) is 2. The Hall–Kier alpha value is -1.25. The summed E-state index contributed by atoms with van der Waals surface area (Å²) in [5, 5.41) is 3.30. The third kappa shape index (κ3) is 3.15. The van der Waals surface area contributed by atoms with Crippen LogP contribution in [-0.2, 0) is 0 Å². The van der Waals surface area contributed by atoms with E-state index in [4.69, 9.17) is 0 Å². The van der Waals surface area contributed by atoms with Crippen LogP contribution in [0.1, 0.15) is 46.0 Å². The fourth-order valence-corrected chi connectivity index (χ4v) is 2.85. The Kier molecular flexibility index (Phi) is 4.85. The summed E-state index contributed by atoms with van der Waals surface area (Å²) in [4.78, 5) is 6.94. The standard InChI is InChI=1S/C15H25N3/c1-3-7-13-8-5-6-11-18(13)14-9-10-17-15(12-14)16-4-2/h9-10,12-13H,3-8,11H2,1-2H3,(H,16,17). The van der Waals surface area contributed by atoms with E-state index in [-0.39, 0.29) is 0 Å². The van der Waals surface area contributed by atoms with Crippen molar-refractivity contribution in [1.29, 1.82) is 0 Å². The molecule has 0 radical (unpaired) electrons. The first-order chi connectivity index (χ1) is 8.85. The molecule has 0 bridgehead atoms. The predicted molar refractivity (Wildman–Crippen MR) is 78.3 cm³/mol. The zero-order valence-corrected chi connectivity index (χ0v) is 11.7. The fraction of sp³-hybridized carbons (Fsp3) is 0.667. The molecule has 1 aromatic rings. The summed E-state index contributed by atoms with van der Waals surface area (Å²) in [5.41, 5.74) is 1.33. The van der Waals surface area contributed by atoms with Gasteiger partial charge in [0.2, 0.25) is 0 Å². The van der Waals surface area contributed by atoms with Crippen molar-refractivity contribution in [2.75, 3.05) is 23.3 Å². The number of aromatic nitrogens is 1. The first-order valence-corrected chi connectivity index (χ1v) is 7.31. The van der Waals surface area contributed by atoms with Crippen molar-refractivity contribution >= 4 is 11.5 Å². The number of pyridine rings is 1. The summed E-state index contributed by atoms with van der Waals surface area (Å²) >= 11 is 0. The zero-order chi connectivity index (χ0) is 12.8. The second-order valence-electron chi connectivity index (χ2n) is 5.06. The van der Waals surface area contributed by atoms with Gasteiger partial charge in [-0.25, -0.2) is 4.98 Å². The van der Waals surface area contributed by atoms with Crippen molar-refractivity contribution in [2.24, 2.45) is 0 Å². The van der Waals surface area contributed by atoms with Gasteiger partial charge in [-0.2, -0.15) is 0 Å². The molecule has 100 valence electrons. The Morgan fingerprint density at radius 3 is 3.06 bits per heavy atom. The van der Waals surface area contributed by atoms with Gasteiger partial charge in [-0.3, -0.25) is 0 Å². The maximum Gasteiger partial charge on any atom is 0.127 e. The molecule has 0 saturated carbocycles. The van der Waals surface area contributed by atoms with Crippen molar-refractivity contribution in [2.45, 2.75) is 52.0 Å². The maximum absolute atomic E-state index is 4.36. The van der Waals surface area contributed by atoms with Crippen molar-refractivity contribution in [1.82, 2.24) is 4.98 Å². The summed E-state index contributed by atoms with van der Waals surface area (Å²) in [6, 6.07) is 5.06. The van der Waals surface area contributed by atoms with Crippen molar-refractivity contribution in [3.05, 3.63) is 18.3 Å². The maximum atomic E-state index is 4.36. The third-order valence-electron chi connectivity index (χ3n) is 3.68. The van der Waals surface area contributed by atoms with Crippen LogP contribution in [0.2, 0.25) is 0 Å². The lowest BCUT2D eigenvalue weighted by molar-refractivity contribution is 0.435. The highest BCUT2D eigenvalue weighted by Crippen LogP contribution is 2.28. The molecule has 3 nitrogen and oxygen atoms in total. The molecule has 1 aromatic heterocycles. The largest absolute Gasteiger partial charge is 0.370 e. The van der Waals surface area contributed by atoms with Gasteiger partial charge in [-0.1, -0.05) is 13.3 Å². The summed E-state index contributed by atoms with van der Waals surface area (Å²) in [6.45, 7) is 6.51. The highest BCUT2D eigenvalue weighted by molar-refractivity contribution is 5.54. The highest BCUT2D eigenvalue weighted by Gasteiger charge is 2.21. The molecular weight excluding hydrogens is 222 g/mol. The van der Waals surface area contributed by atoms with Gasteiger partial charge in [-0.15, -0.1) is 0 Å². The van der Waals surface area contributed by atoms with E-state index in [0.29, 0.717) is 0 Å². The molecule has 1 atom stereocenters. The molecule has 2 heterocycles. The lowest BCUT2D eigenvalue weighted by atomic mass is 9.97. The summed E-state index contributed by atoms with van der Waals surface area (Å²) < 4.78 is 0. The number of hydrogen-bond donors (Lipinski definition) is 1. The molecule has 0 aliphatic carbocycles. The predicted octanol–water partition coefficient (Wildman–Crippen LogP) is 3.67. The van der Waals surface area contributed by atoms with Gasteiger partial charge in [0.05, 0.1) is 0 Å². The average Bonchev–Trinajstić information content (AvgIpc) is 2.40. The Morgan fingerprint density at radius 2 is 2.28 bits per heavy atom. The minimum atomic E-state index is 0.723. The highest BCUT2D eigenvalue weighted by atomic mass is 15.2. The minimum Gasteiger partial charge on any atom is -0.370 e. The molecule has 0 aromatic carbocycles. The third-order valence-corrected chi connectivity index (χ3v) is 3.68. The molecular formula is C15H25N3. The zero-order valence-electron chi connectivity index (χ0n) is 11.7. The van der Waals surface area contributed by atoms with Crippen LogP contribution in [0.3, 0.4) is 0 Å². The fourth-order valence-electron chi connectivity index (χ4n) is 2.85. The quantitative estimate of drug-likeness (QED) is 0.860. The van der Waals surface area contributed by atoms with Gasteiger partial charge in [-0.05, 0) is 38.7 Å². The Bertz CT molecular complexity index is 363. The van der Waals surface area contributed by atoms with E-state index in [2.05, 4.69) is 41.2 Å². The van der Waals surface area contributed by atoms with E-state index < -0.39 is 0 Å². The van der Waals surface area contributed by atoms with Crippen LogP contribution in [0.25, 0.3) is 0 Å². The number of hydrogen-bond acceptors (Lipinski definition) is 3. The molecule has 18 heavy (non-hydrogen) atoms. The summed E-state index contributed by atoms with van der Waals surface area (Å²) in [6.07, 6.45) is 8.54. The minimum absolute atomic E-state index is 0.723. The van der Waals surface area contributed by atoms with Crippen LogP contribution in [0.5, 0.6) is 0 Å². The van der Waals surface area contributed by atoms with Gasteiger partial charge in [0, 0.05) is 37.1 Å². The first-order valence-electron chi connectivity index (χ1n) is 7.31. The molecule has 3 heteroatoms. The van der Waals surface area contributed by atoms with Crippen molar-refractivity contribution in [3.63, 3.8) is 0 Å². The normalized spacial score (nSPS) is 19.9. The lowest BCUT2D eigenvalue weighted by Crippen LogP contribution is -2.39. The van der Waals surface area contributed by atoms with E-state index in [1.54, 1.807) is 0 Å². The Balaban J connectivity index is 2.14. The molecule has 0 amide bonds. The van der Waals surface area contributed by atoms with Crippen LogP contribution in [0.4, 0.5) is 11.5 Å². The lowest BCUT2D eigenvalue weighted by Gasteiger charge is -2.37. The van der Waals surface area contributed by atoms with Gasteiger partial charge in [0.15, 0.2) is 0 Å². The molecule has 1 aliphatic heterocycles. The van der Waals surface area contributed by atoms with Gasteiger partial charge < -0.3 is 10.2 Å². The second kappa shape index (κ2) is 6.62. The van der Waals surface area contributed by atoms with Crippen LogP contribution >= 0.6 is 0 Å². The Labute approximate surface area is 111 Å². The van der Waals surface area contributed by atoms with Gasteiger partial charge >= 0.3 is 0 Å². The van der Waals surface area contributed by atoms with Crippen LogP contribution < -0.4 is 10.2 Å². The first kappa shape index (κ1) is 13.2. The van der Waals surface area contributed by atoms with E-state index >= 15 is 0 Å². The summed E-state index contributed by atoms with van der Waals surface area (Å²) in [7, 11) is 0. The topological polar surface area (TPSA) is 28.2 Å². The molecule has 1 N–H and O–H groups in total. The molecule has 0 spiro atoms. The van der Waals surface area contributed by atoms with Gasteiger partial charge in [0.25, 0.3) is 0 Å². The van der Waals surface area contributed by atoms with E-state index in [1.807, 2.05) is 6.20 Å². The van der Waals surface area contributed by atoms with Crippen LogP contribution in [0, 0.1) is 0 Å². The second-order valence-corrected chi connectivity index (χ2v) is 5.06. The molecule has 2 rings (SSSR count). The van der Waals surface area contributed by atoms with Crippen LogP contribution in [-0.4, -0.2) is 24.1 Å². The van der Waals surface area contributed by atoms with E-state index in [1.165, 1.54) is 44.3 Å². The monoisotopic (exact) mass is 247 g/mol. The van der Waals surface area contributed by atoms with Gasteiger partial charge in [0.1, 0.15) is 5.82 Å². The van der Waals surface area contributed by atoms with Crippen molar-refractivity contribution < 1.29 is 0 Å². The van der Waals surface area contributed by atoms with Crippen LogP contribution in [0.15, 0.2) is 18.3 Å².